The lowest BCUT2D eigenvalue weighted by Crippen LogP contribution is -2.31. The fourth-order valence-corrected chi connectivity index (χ4v) is 3.71. The van der Waals surface area contributed by atoms with Crippen molar-refractivity contribution in [1.82, 2.24) is 5.32 Å². The van der Waals surface area contributed by atoms with Crippen molar-refractivity contribution in [3.05, 3.63) is 12.2 Å². The Morgan fingerprint density at radius 1 is 0.679 bits per heavy atom. The van der Waals surface area contributed by atoms with Gasteiger partial charge in [0, 0.05) is 12.5 Å². The Morgan fingerprint density at radius 2 is 1.18 bits per heavy atom. The Bertz CT molecular complexity index is 350. The van der Waals surface area contributed by atoms with Gasteiger partial charge in [-0.2, -0.15) is 0 Å². The highest BCUT2D eigenvalue weighted by atomic mass is 16.1. The molecule has 2 nitrogen and oxygen atoms in total. The highest BCUT2D eigenvalue weighted by Crippen LogP contribution is 2.15. The largest absolute Gasteiger partial charge is 0.356 e. The van der Waals surface area contributed by atoms with Crippen molar-refractivity contribution >= 4 is 5.91 Å². The summed E-state index contributed by atoms with van der Waals surface area (Å²) in [5.41, 5.74) is 0. The Hall–Kier alpha value is -0.790. The molecule has 0 aromatic rings. The zero-order valence-corrected chi connectivity index (χ0v) is 19.6. The molecule has 28 heavy (non-hydrogen) atoms. The molecule has 0 bridgehead atoms. The van der Waals surface area contributed by atoms with Crippen LogP contribution in [0.5, 0.6) is 0 Å². The predicted molar refractivity (Wildman–Crippen MR) is 126 cm³/mol. The minimum Gasteiger partial charge on any atom is -0.356 e. The first-order valence-corrected chi connectivity index (χ1v) is 12.7. The van der Waals surface area contributed by atoms with E-state index in [1.807, 2.05) is 0 Å². The summed E-state index contributed by atoms with van der Waals surface area (Å²) in [5, 5.41) is 3.14. The van der Waals surface area contributed by atoms with Crippen molar-refractivity contribution in [2.75, 3.05) is 6.54 Å². The third kappa shape index (κ3) is 18.6. The van der Waals surface area contributed by atoms with Gasteiger partial charge in [0.2, 0.25) is 5.91 Å². The number of hydrogen-bond acceptors (Lipinski definition) is 1. The molecule has 2 heteroatoms. The Labute approximate surface area is 177 Å². The van der Waals surface area contributed by atoms with Gasteiger partial charge in [0.25, 0.3) is 0 Å². The van der Waals surface area contributed by atoms with E-state index >= 15 is 0 Å². The summed E-state index contributed by atoms with van der Waals surface area (Å²) in [6.45, 7) is 7.51. The number of unbranched alkanes of at least 4 members (excludes halogenated alkanes) is 13. The summed E-state index contributed by atoms with van der Waals surface area (Å²) in [7, 11) is 0. The van der Waals surface area contributed by atoms with Crippen LogP contribution in [0.25, 0.3) is 0 Å². The van der Waals surface area contributed by atoms with Crippen LogP contribution in [0.4, 0.5) is 0 Å². The lowest BCUT2D eigenvalue weighted by atomic mass is 9.97. The standard InChI is InChI=1S/C26H51NO/c1-4-7-9-11-12-13-14-15-16-17-18-19-20-21-23-25(6-3)26(28)27-24-22-10-8-5-2/h15-16,25H,4-14,17-24H2,1-3H3,(H,27,28)/b16-15-. The van der Waals surface area contributed by atoms with Gasteiger partial charge in [0.1, 0.15) is 0 Å². The van der Waals surface area contributed by atoms with Gasteiger partial charge in [-0.3, -0.25) is 4.79 Å². The van der Waals surface area contributed by atoms with E-state index in [0.29, 0.717) is 0 Å². The lowest BCUT2D eigenvalue weighted by Gasteiger charge is -2.14. The molecule has 1 amide bonds. The second-order valence-electron chi connectivity index (χ2n) is 8.48. The van der Waals surface area contributed by atoms with Gasteiger partial charge < -0.3 is 5.32 Å². The van der Waals surface area contributed by atoms with Crippen molar-refractivity contribution in [2.24, 2.45) is 5.92 Å². The Kier molecular flexibility index (Phi) is 21.9. The quantitative estimate of drug-likeness (QED) is 0.154. The summed E-state index contributed by atoms with van der Waals surface area (Å²) < 4.78 is 0. The number of carbonyl (C=O) groups excluding carboxylic acids is 1. The third-order valence-electron chi connectivity index (χ3n) is 5.76. The predicted octanol–water partition coefficient (Wildman–Crippen LogP) is 8.36. The van der Waals surface area contributed by atoms with Gasteiger partial charge in [0.15, 0.2) is 0 Å². The van der Waals surface area contributed by atoms with Crippen molar-refractivity contribution in [2.45, 2.75) is 136 Å². The normalized spacial score (nSPS) is 12.5. The number of rotatable bonds is 21. The molecule has 0 aliphatic carbocycles. The second kappa shape index (κ2) is 22.5. The first-order chi connectivity index (χ1) is 13.8. The second-order valence-corrected chi connectivity index (χ2v) is 8.48. The van der Waals surface area contributed by atoms with E-state index in [-0.39, 0.29) is 11.8 Å². The molecule has 0 aromatic carbocycles. The molecule has 1 N–H and O–H groups in total. The molecule has 1 atom stereocenters. The minimum atomic E-state index is 0.225. The van der Waals surface area contributed by atoms with Crippen LogP contribution >= 0.6 is 0 Å². The van der Waals surface area contributed by atoms with Gasteiger partial charge >= 0.3 is 0 Å². The van der Waals surface area contributed by atoms with Gasteiger partial charge in [-0.05, 0) is 44.9 Å². The minimum absolute atomic E-state index is 0.225. The van der Waals surface area contributed by atoms with Crippen LogP contribution in [0.2, 0.25) is 0 Å². The number of allylic oxidation sites excluding steroid dienone is 2. The maximum atomic E-state index is 12.3. The van der Waals surface area contributed by atoms with E-state index in [9.17, 15) is 4.79 Å². The van der Waals surface area contributed by atoms with E-state index in [1.165, 1.54) is 96.3 Å². The molecule has 0 saturated heterocycles. The average molecular weight is 394 g/mol. The van der Waals surface area contributed by atoms with Crippen LogP contribution in [0.15, 0.2) is 12.2 Å². The number of hydrogen-bond donors (Lipinski definition) is 1. The zero-order valence-electron chi connectivity index (χ0n) is 19.6. The topological polar surface area (TPSA) is 29.1 Å². The van der Waals surface area contributed by atoms with Crippen LogP contribution in [0.1, 0.15) is 136 Å². The smallest absolute Gasteiger partial charge is 0.223 e. The van der Waals surface area contributed by atoms with E-state index in [2.05, 4.69) is 38.2 Å². The van der Waals surface area contributed by atoms with E-state index < -0.39 is 0 Å². The van der Waals surface area contributed by atoms with Crippen molar-refractivity contribution in [3.63, 3.8) is 0 Å². The SMILES string of the molecule is CCCCCCCC/C=C\CCCCCCC(CC)C(=O)NCCCCCC. The maximum absolute atomic E-state index is 12.3. The van der Waals surface area contributed by atoms with Gasteiger partial charge in [0.05, 0.1) is 0 Å². The van der Waals surface area contributed by atoms with Gasteiger partial charge in [-0.1, -0.05) is 104 Å². The monoisotopic (exact) mass is 393 g/mol. The summed E-state index contributed by atoms with van der Waals surface area (Å²) in [4.78, 5) is 12.3. The van der Waals surface area contributed by atoms with Crippen LogP contribution in [-0.4, -0.2) is 12.5 Å². The molecule has 0 fully saturated rings. The molecular formula is C26H51NO. The summed E-state index contributed by atoms with van der Waals surface area (Å²) >= 11 is 0. The highest BCUT2D eigenvalue weighted by Gasteiger charge is 2.14. The Balaban J connectivity index is 3.49. The van der Waals surface area contributed by atoms with Crippen LogP contribution in [0.3, 0.4) is 0 Å². The molecule has 0 saturated carbocycles. The highest BCUT2D eigenvalue weighted by molar-refractivity contribution is 5.78. The van der Waals surface area contributed by atoms with E-state index in [1.54, 1.807) is 0 Å². The average Bonchev–Trinajstić information content (AvgIpc) is 2.70. The fraction of sp³-hybridized carbons (Fsp3) is 0.885. The summed E-state index contributed by atoms with van der Waals surface area (Å²) in [6.07, 6.45) is 27.6. The molecule has 0 radical (unpaired) electrons. The molecule has 0 aliphatic heterocycles. The summed E-state index contributed by atoms with van der Waals surface area (Å²) in [5.74, 6) is 0.514. The first-order valence-electron chi connectivity index (χ1n) is 12.7. The molecule has 0 spiro atoms. The first kappa shape index (κ1) is 27.2. The molecule has 1 unspecified atom stereocenters. The number of carbonyl (C=O) groups is 1. The number of amides is 1. The Morgan fingerprint density at radius 3 is 1.75 bits per heavy atom. The van der Waals surface area contributed by atoms with E-state index in [0.717, 1.165) is 25.8 Å². The zero-order chi connectivity index (χ0) is 20.7. The third-order valence-corrected chi connectivity index (χ3v) is 5.76. The van der Waals surface area contributed by atoms with Crippen molar-refractivity contribution in [3.8, 4) is 0 Å². The lowest BCUT2D eigenvalue weighted by molar-refractivity contribution is -0.125. The molecule has 0 heterocycles. The van der Waals surface area contributed by atoms with Crippen LogP contribution in [0, 0.1) is 5.92 Å². The van der Waals surface area contributed by atoms with Crippen molar-refractivity contribution in [1.29, 1.82) is 0 Å². The molecule has 0 rings (SSSR count). The molecule has 166 valence electrons. The van der Waals surface area contributed by atoms with Crippen molar-refractivity contribution < 1.29 is 4.79 Å². The van der Waals surface area contributed by atoms with Gasteiger partial charge in [-0.25, -0.2) is 0 Å². The molecule has 0 aliphatic rings. The molecular weight excluding hydrogens is 342 g/mol. The van der Waals surface area contributed by atoms with Gasteiger partial charge in [-0.15, -0.1) is 0 Å². The van der Waals surface area contributed by atoms with E-state index in [4.69, 9.17) is 0 Å². The van der Waals surface area contributed by atoms with Crippen LogP contribution in [-0.2, 0) is 4.79 Å². The fourth-order valence-electron chi connectivity index (χ4n) is 3.71. The number of nitrogens with one attached hydrogen (secondary N) is 1. The molecule has 0 aromatic heterocycles. The maximum Gasteiger partial charge on any atom is 0.223 e. The van der Waals surface area contributed by atoms with Crippen LogP contribution < -0.4 is 5.32 Å². The summed E-state index contributed by atoms with van der Waals surface area (Å²) in [6, 6.07) is 0.